The maximum atomic E-state index is 3.84. The van der Waals surface area contributed by atoms with E-state index in [2.05, 4.69) is 66.3 Å². The van der Waals surface area contributed by atoms with Crippen LogP contribution < -0.4 is 5.32 Å². The second kappa shape index (κ2) is 5.75. The summed E-state index contributed by atoms with van der Waals surface area (Å²) >= 11 is 3.65. The lowest BCUT2D eigenvalue weighted by atomic mass is 9.73. The smallest absolute Gasteiger partial charge is 0.0305 e. The van der Waals surface area contributed by atoms with Crippen molar-refractivity contribution in [1.29, 1.82) is 0 Å². The Morgan fingerprint density at radius 1 is 1.28 bits per heavy atom. The lowest BCUT2D eigenvalue weighted by Crippen LogP contribution is -2.45. The molecular formula is C16H24BrN. The van der Waals surface area contributed by atoms with Crippen molar-refractivity contribution in [2.75, 3.05) is 0 Å². The van der Waals surface area contributed by atoms with E-state index in [1.807, 2.05) is 0 Å². The molecule has 0 bridgehead atoms. The summed E-state index contributed by atoms with van der Waals surface area (Å²) in [6.07, 6.45) is 5.40. The van der Waals surface area contributed by atoms with Gasteiger partial charge >= 0.3 is 0 Å². The summed E-state index contributed by atoms with van der Waals surface area (Å²) in [5.41, 5.74) is 1.78. The zero-order chi connectivity index (χ0) is 13.2. The first kappa shape index (κ1) is 14.1. The molecule has 2 rings (SSSR count). The molecule has 0 saturated heterocycles. The van der Waals surface area contributed by atoms with Gasteiger partial charge in [-0.05, 0) is 36.8 Å². The quantitative estimate of drug-likeness (QED) is 0.822. The van der Waals surface area contributed by atoms with Crippen LogP contribution in [0.2, 0.25) is 0 Å². The van der Waals surface area contributed by atoms with Gasteiger partial charge in [0.25, 0.3) is 0 Å². The van der Waals surface area contributed by atoms with E-state index < -0.39 is 0 Å². The summed E-state index contributed by atoms with van der Waals surface area (Å²) in [5.74, 6) is 0. The van der Waals surface area contributed by atoms with Gasteiger partial charge in [-0.25, -0.2) is 0 Å². The first-order chi connectivity index (χ1) is 8.50. The minimum Gasteiger partial charge on any atom is -0.307 e. The Morgan fingerprint density at radius 3 is 2.67 bits per heavy atom. The van der Waals surface area contributed by atoms with Gasteiger partial charge in [-0.15, -0.1) is 0 Å². The third-order valence-corrected chi connectivity index (χ3v) is 5.05. The molecule has 2 atom stereocenters. The van der Waals surface area contributed by atoms with E-state index >= 15 is 0 Å². The molecule has 1 aliphatic rings. The monoisotopic (exact) mass is 309 g/mol. The highest BCUT2D eigenvalue weighted by Crippen LogP contribution is 2.37. The fourth-order valence-corrected chi connectivity index (χ4v) is 3.65. The molecular weight excluding hydrogens is 286 g/mol. The Bertz CT molecular complexity index is 400. The van der Waals surface area contributed by atoms with Crippen LogP contribution in [0.3, 0.4) is 0 Å². The van der Waals surface area contributed by atoms with Gasteiger partial charge in [0.05, 0.1) is 0 Å². The summed E-state index contributed by atoms with van der Waals surface area (Å²) in [6.45, 7) is 7.07. The average Bonchev–Trinajstić information content (AvgIpc) is 2.32. The Kier molecular flexibility index (Phi) is 4.50. The van der Waals surface area contributed by atoms with Gasteiger partial charge < -0.3 is 5.32 Å². The Morgan fingerprint density at radius 2 is 2.00 bits per heavy atom. The SMILES string of the molecule is C[C@H](NC1CCCCC1(C)C)c1ccccc1Br. The highest BCUT2D eigenvalue weighted by molar-refractivity contribution is 9.10. The van der Waals surface area contributed by atoms with Crippen molar-refractivity contribution in [1.82, 2.24) is 5.32 Å². The molecule has 1 unspecified atom stereocenters. The van der Waals surface area contributed by atoms with Crippen LogP contribution in [0.1, 0.15) is 58.1 Å². The van der Waals surface area contributed by atoms with E-state index in [0.29, 0.717) is 17.5 Å². The van der Waals surface area contributed by atoms with E-state index in [4.69, 9.17) is 0 Å². The molecule has 100 valence electrons. The van der Waals surface area contributed by atoms with E-state index in [1.165, 1.54) is 35.7 Å². The van der Waals surface area contributed by atoms with Crippen LogP contribution in [-0.2, 0) is 0 Å². The molecule has 0 radical (unpaired) electrons. The molecule has 2 heteroatoms. The normalized spacial score (nSPS) is 24.8. The number of rotatable bonds is 3. The fraction of sp³-hybridized carbons (Fsp3) is 0.625. The van der Waals surface area contributed by atoms with Crippen molar-refractivity contribution >= 4 is 15.9 Å². The highest BCUT2D eigenvalue weighted by Gasteiger charge is 2.32. The first-order valence-corrected chi connectivity index (χ1v) is 7.80. The van der Waals surface area contributed by atoms with Gasteiger partial charge in [-0.3, -0.25) is 0 Å². The van der Waals surface area contributed by atoms with E-state index in [9.17, 15) is 0 Å². The van der Waals surface area contributed by atoms with Crippen molar-refractivity contribution < 1.29 is 0 Å². The van der Waals surface area contributed by atoms with Gasteiger partial charge in [0.2, 0.25) is 0 Å². The lowest BCUT2D eigenvalue weighted by molar-refractivity contribution is 0.157. The van der Waals surface area contributed by atoms with Gasteiger partial charge in [0.1, 0.15) is 0 Å². The Labute approximate surface area is 119 Å². The number of nitrogens with one attached hydrogen (secondary N) is 1. The van der Waals surface area contributed by atoms with Crippen LogP contribution in [0.5, 0.6) is 0 Å². The topological polar surface area (TPSA) is 12.0 Å². The van der Waals surface area contributed by atoms with Crippen LogP contribution >= 0.6 is 15.9 Å². The Balaban J connectivity index is 2.07. The number of benzene rings is 1. The van der Waals surface area contributed by atoms with Gasteiger partial charge in [-0.2, -0.15) is 0 Å². The highest BCUT2D eigenvalue weighted by atomic mass is 79.9. The van der Waals surface area contributed by atoms with Crippen molar-refractivity contribution in [3.63, 3.8) is 0 Å². The minimum atomic E-state index is 0.406. The summed E-state index contributed by atoms with van der Waals surface area (Å²) in [7, 11) is 0. The van der Waals surface area contributed by atoms with Gasteiger partial charge in [0, 0.05) is 16.6 Å². The zero-order valence-electron chi connectivity index (χ0n) is 11.7. The minimum absolute atomic E-state index is 0.406. The first-order valence-electron chi connectivity index (χ1n) is 7.01. The van der Waals surface area contributed by atoms with Crippen LogP contribution in [0.15, 0.2) is 28.7 Å². The molecule has 0 aromatic heterocycles. The Hall–Kier alpha value is -0.340. The maximum Gasteiger partial charge on any atom is 0.0305 e. The molecule has 0 spiro atoms. The molecule has 0 heterocycles. The molecule has 0 amide bonds. The molecule has 1 N–H and O–H groups in total. The molecule has 1 nitrogen and oxygen atoms in total. The fourth-order valence-electron chi connectivity index (χ4n) is 3.02. The summed E-state index contributed by atoms with van der Waals surface area (Å²) in [6, 6.07) is 9.56. The van der Waals surface area contributed by atoms with E-state index in [1.54, 1.807) is 0 Å². The summed E-state index contributed by atoms with van der Waals surface area (Å²) < 4.78 is 1.21. The molecule has 1 fully saturated rings. The van der Waals surface area contributed by atoms with Crippen LogP contribution in [0.4, 0.5) is 0 Å². The molecule has 1 aromatic rings. The van der Waals surface area contributed by atoms with Gasteiger partial charge in [0.15, 0.2) is 0 Å². The largest absolute Gasteiger partial charge is 0.307 e. The van der Waals surface area contributed by atoms with Crippen LogP contribution in [0.25, 0.3) is 0 Å². The number of hydrogen-bond donors (Lipinski definition) is 1. The second-order valence-corrected chi connectivity index (χ2v) is 7.05. The molecule has 1 aliphatic carbocycles. The van der Waals surface area contributed by atoms with Crippen LogP contribution in [-0.4, -0.2) is 6.04 Å². The molecule has 1 aromatic carbocycles. The lowest BCUT2D eigenvalue weighted by Gasteiger charge is -2.41. The maximum absolute atomic E-state index is 3.84. The summed E-state index contributed by atoms with van der Waals surface area (Å²) in [5, 5.41) is 3.84. The molecule has 18 heavy (non-hydrogen) atoms. The molecule has 0 aliphatic heterocycles. The van der Waals surface area contributed by atoms with Gasteiger partial charge in [-0.1, -0.05) is 60.8 Å². The third-order valence-electron chi connectivity index (χ3n) is 4.33. The van der Waals surface area contributed by atoms with E-state index in [-0.39, 0.29) is 0 Å². The standard InChI is InChI=1S/C16H24BrN/c1-12(13-8-4-5-9-14(13)17)18-15-10-6-7-11-16(15,2)3/h4-5,8-9,12,15,18H,6-7,10-11H2,1-3H3/t12-,15?/m0/s1. The average molecular weight is 310 g/mol. The van der Waals surface area contributed by atoms with Crippen LogP contribution in [0, 0.1) is 5.41 Å². The van der Waals surface area contributed by atoms with E-state index in [0.717, 1.165) is 0 Å². The third kappa shape index (κ3) is 3.16. The summed E-state index contributed by atoms with van der Waals surface area (Å²) in [4.78, 5) is 0. The number of halogens is 1. The zero-order valence-corrected chi connectivity index (χ0v) is 13.3. The van der Waals surface area contributed by atoms with Crippen molar-refractivity contribution in [3.8, 4) is 0 Å². The predicted octanol–water partition coefficient (Wildman–Crippen LogP) is 5.07. The predicted molar refractivity (Wildman–Crippen MR) is 81.7 cm³/mol. The van der Waals surface area contributed by atoms with Crippen molar-refractivity contribution in [3.05, 3.63) is 34.3 Å². The van der Waals surface area contributed by atoms with Crippen molar-refractivity contribution in [2.24, 2.45) is 5.41 Å². The molecule has 1 saturated carbocycles. The van der Waals surface area contributed by atoms with Crippen molar-refractivity contribution in [2.45, 2.75) is 58.5 Å². The number of hydrogen-bond acceptors (Lipinski definition) is 1. The second-order valence-electron chi connectivity index (χ2n) is 6.20.